The second-order valence-corrected chi connectivity index (χ2v) is 6.20. The van der Waals surface area contributed by atoms with Crippen molar-refractivity contribution in [3.05, 3.63) is 44.9 Å². The number of Topliss-reactive ketones (excluding diaryl/α,β-unsaturated/α-hetero) is 1. The number of aromatic nitrogens is 1. The Balaban J connectivity index is 2.43. The SMILES string of the molecule is CCC(=O)c1ccc2c(c1)[nH]c1c(C(N)=O)cc(Cl)c(Br)c12. The summed E-state index contributed by atoms with van der Waals surface area (Å²) >= 11 is 9.63. The number of aromatic amines is 1. The van der Waals surface area contributed by atoms with Crippen LogP contribution in [-0.2, 0) is 0 Å². The average molecular weight is 380 g/mol. The van der Waals surface area contributed by atoms with Gasteiger partial charge in [-0.25, -0.2) is 0 Å². The molecule has 0 saturated carbocycles. The van der Waals surface area contributed by atoms with E-state index >= 15 is 0 Å². The van der Waals surface area contributed by atoms with E-state index in [0.29, 0.717) is 32.6 Å². The fourth-order valence-electron chi connectivity index (χ4n) is 2.58. The highest BCUT2D eigenvalue weighted by atomic mass is 79.9. The first-order valence-electron chi connectivity index (χ1n) is 6.70. The molecule has 0 bridgehead atoms. The molecule has 0 unspecified atom stereocenters. The fraction of sp³-hybridized carbons (Fsp3) is 0.125. The molecule has 0 saturated heterocycles. The lowest BCUT2D eigenvalue weighted by Gasteiger charge is -2.03. The lowest BCUT2D eigenvalue weighted by atomic mass is 10.0. The number of halogens is 2. The van der Waals surface area contributed by atoms with Gasteiger partial charge >= 0.3 is 0 Å². The molecule has 1 amide bonds. The van der Waals surface area contributed by atoms with Crippen LogP contribution in [0.15, 0.2) is 28.7 Å². The third kappa shape index (κ3) is 2.21. The molecule has 22 heavy (non-hydrogen) atoms. The zero-order valence-electron chi connectivity index (χ0n) is 11.7. The highest BCUT2D eigenvalue weighted by Crippen LogP contribution is 2.38. The minimum atomic E-state index is -0.559. The number of nitrogens with one attached hydrogen (secondary N) is 1. The summed E-state index contributed by atoms with van der Waals surface area (Å²) in [7, 11) is 0. The van der Waals surface area contributed by atoms with Gasteiger partial charge in [-0.15, -0.1) is 0 Å². The van der Waals surface area contributed by atoms with Crippen molar-refractivity contribution < 1.29 is 9.59 Å². The normalized spacial score (nSPS) is 11.2. The monoisotopic (exact) mass is 378 g/mol. The number of hydrogen-bond acceptors (Lipinski definition) is 2. The summed E-state index contributed by atoms with van der Waals surface area (Å²) in [6.07, 6.45) is 0.438. The van der Waals surface area contributed by atoms with E-state index in [1.165, 1.54) is 6.07 Å². The first-order valence-corrected chi connectivity index (χ1v) is 7.87. The van der Waals surface area contributed by atoms with Crippen molar-refractivity contribution in [2.75, 3.05) is 0 Å². The van der Waals surface area contributed by atoms with Crippen molar-refractivity contribution >= 4 is 61.0 Å². The van der Waals surface area contributed by atoms with Gasteiger partial charge in [-0.3, -0.25) is 9.59 Å². The third-order valence-corrected chi connectivity index (χ3v) is 5.03. The van der Waals surface area contributed by atoms with E-state index < -0.39 is 5.91 Å². The van der Waals surface area contributed by atoms with Crippen LogP contribution in [0.1, 0.15) is 34.1 Å². The van der Waals surface area contributed by atoms with Crippen molar-refractivity contribution in [2.24, 2.45) is 5.73 Å². The van der Waals surface area contributed by atoms with Gasteiger partial charge in [0.05, 0.1) is 16.1 Å². The van der Waals surface area contributed by atoms with Crippen molar-refractivity contribution in [2.45, 2.75) is 13.3 Å². The highest BCUT2D eigenvalue weighted by molar-refractivity contribution is 9.10. The molecule has 0 aliphatic heterocycles. The molecule has 0 fully saturated rings. The van der Waals surface area contributed by atoms with E-state index in [1.807, 2.05) is 13.0 Å². The number of fused-ring (bicyclic) bond motifs is 3. The lowest BCUT2D eigenvalue weighted by molar-refractivity contribution is 0.0984. The van der Waals surface area contributed by atoms with E-state index in [2.05, 4.69) is 20.9 Å². The van der Waals surface area contributed by atoms with E-state index in [-0.39, 0.29) is 5.78 Å². The zero-order chi connectivity index (χ0) is 16.0. The van der Waals surface area contributed by atoms with Gasteiger partial charge in [0.15, 0.2) is 5.78 Å². The van der Waals surface area contributed by atoms with Crippen LogP contribution in [0.25, 0.3) is 21.8 Å². The maximum absolute atomic E-state index is 11.9. The number of hydrogen-bond donors (Lipinski definition) is 2. The summed E-state index contributed by atoms with van der Waals surface area (Å²) in [5.74, 6) is -0.497. The Hall–Kier alpha value is -1.85. The Morgan fingerprint density at radius 3 is 2.68 bits per heavy atom. The van der Waals surface area contributed by atoms with Crippen LogP contribution in [0.4, 0.5) is 0 Å². The summed E-state index contributed by atoms with van der Waals surface area (Å²) in [6.45, 7) is 1.82. The quantitative estimate of drug-likeness (QED) is 0.661. The fourth-order valence-corrected chi connectivity index (χ4v) is 3.31. The number of amides is 1. The molecule has 0 aliphatic carbocycles. The molecule has 4 nitrogen and oxygen atoms in total. The predicted octanol–water partition coefficient (Wildman–Crippen LogP) is 4.43. The van der Waals surface area contributed by atoms with Gasteiger partial charge in [0.2, 0.25) is 0 Å². The summed E-state index contributed by atoms with van der Waals surface area (Å²) in [4.78, 5) is 26.7. The van der Waals surface area contributed by atoms with Gasteiger partial charge in [0.25, 0.3) is 5.91 Å². The van der Waals surface area contributed by atoms with Gasteiger partial charge in [-0.05, 0) is 28.1 Å². The lowest BCUT2D eigenvalue weighted by Crippen LogP contribution is -2.11. The molecule has 0 aliphatic rings. The molecule has 112 valence electrons. The molecule has 6 heteroatoms. The number of benzene rings is 2. The van der Waals surface area contributed by atoms with Crippen LogP contribution in [0.2, 0.25) is 5.02 Å². The van der Waals surface area contributed by atoms with Crippen LogP contribution in [0.3, 0.4) is 0 Å². The molecular weight excluding hydrogens is 368 g/mol. The zero-order valence-corrected chi connectivity index (χ0v) is 14.0. The number of H-pyrrole nitrogens is 1. The van der Waals surface area contributed by atoms with Gasteiger partial charge in [-0.2, -0.15) is 0 Å². The predicted molar refractivity (Wildman–Crippen MR) is 91.7 cm³/mol. The van der Waals surface area contributed by atoms with Crippen LogP contribution in [0, 0.1) is 0 Å². The Morgan fingerprint density at radius 1 is 1.32 bits per heavy atom. The molecule has 0 spiro atoms. The van der Waals surface area contributed by atoms with Crippen molar-refractivity contribution in [1.82, 2.24) is 4.98 Å². The average Bonchev–Trinajstić information content (AvgIpc) is 2.88. The van der Waals surface area contributed by atoms with E-state index in [1.54, 1.807) is 12.1 Å². The van der Waals surface area contributed by atoms with Crippen molar-refractivity contribution in [1.29, 1.82) is 0 Å². The first kappa shape index (κ1) is 15.1. The molecule has 0 radical (unpaired) electrons. The van der Waals surface area contributed by atoms with Crippen LogP contribution >= 0.6 is 27.5 Å². The molecule has 3 N–H and O–H groups in total. The van der Waals surface area contributed by atoms with E-state index in [0.717, 1.165) is 16.3 Å². The molecule has 3 rings (SSSR count). The Morgan fingerprint density at radius 2 is 2.05 bits per heavy atom. The maximum atomic E-state index is 11.9. The Labute approximate surface area is 139 Å². The summed E-state index contributed by atoms with van der Waals surface area (Å²) in [5.41, 5.74) is 7.76. The summed E-state index contributed by atoms with van der Waals surface area (Å²) < 4.78 is 0.690. The summed E-state index contributed by atoms with van der Waals surface area (Å²) in [6, 6.07) is 6.94. The second-order valence-electron chi connectivity index (χ2n) is 5.00. The van der Waals surface area contributed by atoms with Gasteiger partial charge < -0.3 is 10.7 Å². The van der Waals surface area contributed by atoms with E-state index in [4.69, 9.17) is 17.3 Å². The van der Waals surface area contributed by atoms with Crippen molar-refractivity contribution in [3.63, 3.8) is 0 Å². The molecule has 2 aromatic carbocycles. The number of rotatable bonds is 3. The Bertz CT molecular complexity index is 946. The number of nitrogens with two attached hydrogens (primary N) is 1. The molecule has 1 aromatic heterocycles. The number of ketones is 1. The smallest absolute Gasteiger partial charge is 0.250 e. The summed E-state index contributed by atoms with van der Waals surface area (Å²) in [5, 5.41) is 2.07. The first-order chi connectivity index (χ1) is 10.4. The Kier molecular flexibility index (Phi) is 3.70. The minimum Gasteiger partial charge on any atom is -0.366 e. The molecule has 1 heterocycles. The van der Waals surface area contributed by atoms with Crippen LogP contribution < -0.4 is 5.73 Å². The van der Waals surface area contributed by atoms with Crippen LogP contribution in [-0.4, -0.2) is 16.7 Å². The number of carbonyl (C=O) groups is 2. The highest BCUT2D eigenvalue weighted by Gasteiger charge is 2.18. The minimum absolute atomic E-state index is 0.0628. The molecule has 3 aromatic rings. The largest absolute Gasteiger partial charge is 0.366 e. The second kappa shape index (κ2) is 5.41. The number of primary amides is 1. The van der Waals surface area contributed by atoms with Gasteiger partial charge in [-0.1, -0.05) is 30.7 Å². The van der Waals surface area contributed by atoms with Crippen LogP contribution in [0.5, 0.6) is 0 Å². The maximum Gasteiger partial charge on any atom is 0.250 e. The molecular formula is C16H12BrClN2O2. The van der Waals surface area contributed by atoms with Gasteiger partial charge in [0.1, 0.15) is 0 Å². The molecule has 0 atom stereocenters. The van der Waals surface area contributed by atoms with Crippen molar-refractivity contribution in [3.8, 4) is 0 Å². The van der Waals surface area contributed by atoms with E-state index in [9.17, 15) is 9.59 Å². The third-order valence-electron chi connectivity index (χ3n) is 3.68. The number of carbonyl (C=O) groups excluding carboxylic acids is 2. The van der Waals surface area contributed by atoms with Gasteiger partial charge in [0, 0.05) is 32.7 Å². The topological polar surface area (TPSA) is 75.9 Å². The standard InChI is InChI=1S/C16H12BrClN2O2/c1-2-12(21)7-3-4-8-11(5-7)20-15-9(16(19)22)6-10(18)14(17)13(8)15/h3-6,20H,2H2,1H3,(H2,19,22).